The summed E-state index contributed by atoms with van der Waals surface area (Å²) < 4.78 is 13.7. The van der Waals surface area contributed by atoms with Gasteiger partial charge in [0.2, 0.25) is 5.13 Å². The fourth-order valence-electron chi connectivity index (χ4n) is 1.53. The van der Waals surface area contributed by atoms with Gasteiger partial charge in [0.05, 0.1) is 4.92 Å². The molecule has 0 spiro atoms. The second-order valence-electron chi connectivity index (χ2n) is 4.09. The largest absolute Gasteiger partial charge is 0.330 e. The van der Waals surface area contributed by atoms with E-state index >= 15 is 0 Å². The van der Waals surface area contributed by atoms with Gasteiger partial charge in [-0.3, -0.25) is 10.1 Å². The van der Waals surface area contributed by atoms with E-state index in [-0.39, 0.29) is 11.5 Å². The molecule has 11 heteroatoms. The summed E-state index contributed by atoms with van der Waals surface area (Å²) in [4.78, 5) is 17.7. The SMILES string of the molecule is O=[N+]([O-])c1cnc(Sc2nnc(Nc3cccc(F)c3)s2)nc1. The smallest absolute Gasteiger partial charge is 0.305 e. The average Bonchev–Trinajstić information content (AvgIpc) is 2.95. The molecule has 3 aromatic rings. The van der Waals surface area contributed by atoms with Crippen molar-refractivity contribution in [1.29, 1.82) is 0 Å². The molecule has 23 heavy (non-hydrogen) atoms. The third-order valence-electron chi connectivity index (χ3n) is 2.49. The first-order valence-corrected chi connectivity index (χ1v) is 7.74. The number of aromatic nitrogens is 4. The molecular weight excluding hydrogens is 343 g/mol. The van der Waals surface area contributed by atoms with Gasteiger partial charge >= 0.3 is 5.69 Å². The molecule has 116 valence electrons. The molecule has 0 bridgehead atoms. The van der Waals surface area contributed by atoms with Crippen LogP contribution in [0.25, 0.3) is 0 Å². The van der Waals surface area contributed by atoms with Crippen molar-refractivity contribution in [3.63, 3.8) is 0 Å². The highest BCUT2D eigenvalue weighted by atomic mass is 32.2. The molecule has 2 aromatic heterocycles. The number of halogens is 1. The van der Waals surface area contributed by atoms with E-state index in [9.17, 15) is 14.5 Å². The molecule has 1 N–H and O–H groups in total. The molecule has 0 atom stereocenters. The van der Waals surface area contributed by atoms with Crippen molar-refractivity contribution in [2.75, 3.05) is 5.32 Å². The molecule has 0 saturated carbocycles. The number of nitrogens with zero attached hydrogens (tertiary/aromatic N) is 5. The number of nitro groups is 1. The molecule has 0 aliphatic rings. The van der Waals surface area contributed by atoms with E-state index in [1.807, 2.05) is 0 Å². The van der Waals surface area contributed by atoms with E-state index in [1.54, 1.807) is 12.1 Å². The number of benzene rings is 1. The highest BCUT2D eigenvalue weighted by Crippen LogP contribution is 2.31. The van der Waals surface area contributed by atoms with Gasteiger partial charge in [-0.05, 0) is 30.0 Å². The van der Waals surface area contributed by atoms with Crippen LogP contribution in [-0.4, -0.2) is 25.1 Å². The third-order valence-corrected chi connectivity index (χ3v) is 4.27. The zero-order valence-electron chi connectivity index (χ0n) is 11.2. The first-order chi connectivity index (χ1) is 11.1. The average molecular weight is 350 g/mol. The van der Waals surface area contributed by atoms with Gasteiger partial charge in [0.25, 0.3) is 0 Å². The number of rotatable bonds is 5. The minimum Gasteiger partial charge on any atom is -0.330 e. The highest BCUT2D eigenvalue weighted by molar-refractivity contribution is 8.00. The van der Waals surface area contributed by atoms with Gasteiger partial charge in [-0.25, -0.2) is 14.4 Å². The summed E-state index contributed by atoms with van der Waals surface area (Å²) in [6, 6.07) is 5.97. The minimum absolute atomic E-state index is 0.180. The highest BCUT2D eigenvalue weighted by Gasteiger charge is 2.11. The summed E-state index contributed by atoms with van der Waals surface area (Å²) in [7, 11) is 0. The Morgan fingerprint density at radius 3 is 2.74 bits per heavy atom. The van der Waals surface area contributed by atoms with Gasteiger partial charge in [-0.1, -0.05) is 17.4 Å². The zero-order chi connectivity index (χ0) is 16.2. The lowest BCUT2D eigenvalue weighted by Crippen LogP contribution is -1.92. The number of hydrogen-bond donors (Lipinski definition) is 1. The van der Waals surface area contributed by atoms with Crippen LogP contribution in [0, 0.1) is 15.9 Å². The Balaban J connectivity index is 1.68. The molecule has 0 radical (unpaired) electrons. The van der Waals surface area contributed by atoms with Crippen molar-refractivity contribution in [2.24, 2.45) is 0 Å². The van der Waals surface area contributed by atoms with E-state index in [0.29, 0.717) is 20.3 Å². The Kier molecular flexibility index (Phi) is 4.39. The molecule has 0 aliphatic heterocycles. The number of hydrogen-bond acceptors (Lipinski definition) is 9. The van der Waals surface area contributed by atoms with Crippen LogP contribution in [-0.2, 0) is 0 Å². The van der Waals surface area contributed by atoms with Crippen LogP contribution in [0.3, 0.4) is 0 Å². The second kappa shape index (κ2) is 6.62. The van der Waals surface area contributed by atoms with E-state index in [4.69, 9.17) is 0 Å². The minimum atomic E-state index is -0.569. The van der Waals surface area contributed by atoms with Crippen molar-refractivity contribution in [3.8, 4) is 0 Å². The quantitative estimate of drug-likeness (QED) is 0.424. The maximum atomic E-state index is 13.1. The van der Waals surface area contributed by atoms with Crippen LogP contribution in [0.15, 0.2) is 46.2 Å². The Labute approximate surface area is 137 Å². The van der Waals surface area contributed by atoms with E-state index in [0.717, 1.165) is 24.2 Å². The van der Waals surface area contributed by atoms with Gasteiger partial charge in [-0.2, -0.15) is 0 Å². The first kappa shape index (κ1) is 15.2. The molecule has 0 unspecified atom stereocenters. The van der Waals surface area contributed by atoms with Gasteiger partial charge in [0.1, 0.15) is 18.2 Å². The topological polar surface area (TPSA) is 107 Å². The summed E-state index contributed by atoms with van der Waals surface area (Å²) >= 11 is 2.36. The van der Waals surface area contributed by atoms with E-state index < -0.39 is 4.92 Å². The lowest BCUT2D eigenvalue weighted by atomic mass is 10.3. The normalized spacial score (nSPS) is 10.5. The zero-order valence-corrected chi connectivity index (χ0v) is 12.8. The lowest BCUT2D eigenvalue weighted by Gasteiger charge is -2.00. The summed E-state index contributed by atoms with van der Waals surface area (Å²) in [5.41, 5.74) is 0.379. The molecule has 8 nitrogen and oxygen atoms in total. The van der Waals surface area contributed by atoms with Gasteiger partial charge in [0.15, 0.2) is 9.50 Å². The summed E-state index contributed by atoms with van der Waals surface area (Å²) in [6.45, 7) is 0. The molecule has 0 aliphatic carbocycles. The molecule has 1 aromatic carbocycles. The molecule has 0 saturated heterocycles. The monoisotopic (exact) mass is 350 g/mol. The molecule has 0 amide bonds. The summed E-state index contributed by atoms with van der Waals surface area (Å²) in [6.07, 6.45) is 2.25. The maximum absolute atomic E-state index is 13.1. The Hall–Kier alpha value is -2.66. The van der Waals surface area contributed by atoms with E-state index in [1.165, 1.54) is 23.5 Å². The lowest BCUT2D eigenvalue weighted by molar-refractivity contribution is -0.385. The fourth-order valence-corrected chi connectivity index (χ4v) is 3.10. The third kappa shape index (κ3) is 3.96. The van der Waals surface area contributed by atoms with Crippen LogP contribution in [0.5, 0.6) is 0 Å². The van der Waals surface area contributed by atoms with Crippen LogP contribution in [0.4, 0.5) is 20.9 Å². The second-order valence-corrected chi connectivity index (χ2v) is 6.28. The van der Waals surface area contributed by atoms with Crippen LogP contribution in [0.1, 0.15) is 0 Å². The summed E-state index contributed by atoms with van der Waals surface area (Å²) in [5.74, 6) is -0.353. The molecular formula is C12H7FN6O2S2. The number of anilines is 2. The van der Waals surface area contributed by atoms with Crippen molar-refractivity contribution in [3.05, 3.63) is 52.6 Å². The molecule has 0 fully saturated rings. The Bertz CT molecular complexity index is 842. The van der Waals surface area contributed by atoms with Crippen molar-refractivity contribution in [1.82, 2.24) is 20.2 Å². The van der Waals surface area contributed by atoms with Gasteiger partial charge in [-0.15, -0.1) is 10.2 Å². The van der Waals surface area contributed by atoms with Crippen molar-refractivity contribution < 1.29 is 9.31 Å². The Morgan fingerprint density at radius 2 is 2.04 bits per heavy atom. The summed E-state index contributed by atoms with van der Waals surface area (Å²) in [5, 5.41) is 22.2. The fraction of sp³-hybridized carbons (Fsp3) is 0. The van der Waals surface area contributed by atoms with Crippen LogP contribution < -0.4 is 5.32 Å². The predicted molar refractivity (Wildman–Crippen MR) is 82.4 cm³/mol. The molecule has 2 heterocycles. The Morgan fingerprint density at radius 1 is 1.26 bits per heavy atom. The van der Waals surface area contributed by atoms with Crippen LogP contribution >= 0.6 is 23.1 Å². The standard InChI is InChI=1S/C12H7FN6O2S2/c13-7-2-1-3-8(4-7)16-11-17-18-12(23-11)22-10-14-5-9(6-15-10)19(20)21/h1-6H,(H,16,17). The maximum Gasteiger partial charge on any atom is 0.305 e. The predicted octanol–water partition coefficient (Wildman–Crippen LogP) is 3.27. The van der Waals surface area contributed by atoms with Gasteiger partial charge < -0.3 is 5.32 Å². The van der Waals surface area contributed by atoms with Gasteiger partial charge in [0, 0.05) is 5.69 Å². The van der Waals surface area contributed by atoms with Crippen molar-refractivity contribution >= 4 is 39.6 Å². The van der Waals surface area contributed by atoms with Crippen molar-refractivity contribution in [2.45, 2.75) is 9.50 Å². The van der Waals surface area contributed by atoms with E-state index in [2.05, 4.69) is 25.5 Å². The first-order valence-electron chi connectivity index (χ1n) is 6.10. The number of nitrogens with one attached hydrogen (secondary N) is 1. The van der Waals surface area contributed by atoms with Crippen LogP contribution in [0.2, 0.25) is 0 Å². The molecule has 3 rings (SSSR count).